The Bertz CT molecular complexity index is 1090. The first-order chi connectivity index (χ1) is 15.0. The summed E-state index contributed by atoms with van der Waals surface area (Å²) in [6.45, 7) is 5.44. The van der Waals surface area contributed by atoms with E-state index in [9.17, 15) is 4.79 Å². The maximum atomic E-state index is 13.3. The number of nitrogens with zero attached hydrogens (tertiary/aromatic N) is 6. The highest BCUT2D eigenvalue weighted by Gasteiger charge is 2.46. The van der Waals surface area contributed by atoms with Gasteiger partial charge in [0.2, 0.25) is 11.9 Å². The van der Waals surface area contributed by atoms with E-state index in [1.165, 1.54) is 0 Å². The summed E-state index contributed by atoms with van der Waals surface area (Å²) in [5, 5.41) is 12.2. The van der Waals surface area contributed by atoms with E-state index in [0.29, 0.717) is 23.3 Å². The van der Waals surface area contributed by atoms with E-state index >= 15 is 0 Å². The molecule has 0 unspecified atom stereocenters. The van der Waals surface area contributed by atoms with Crippen molar-refractivity contribution in [3.63, 3.8) is 0 Å². The summed E-state index contributed by atoms with van der Waals surface area (Å²) in [5.41, 5.74) is 5.21. The third-order valence-corrected chi connectivity index (χ3v) is 5.88. The van der Waals surface area contributed by atoms with Gasteiger partial charge in [-0.25, -0.2) is 4.99 Å². The van der Waals surface area contributed by atoms with Crippen molar-refractivity contribution in [3.05, 3.63) is 48.1 Å². The highest BCUT2D eigenvalue weighted by molar-refractivity contribution is 6.10. The van der Waals surface area contributed by atoms with Gasteiger partial charge in [-0.3, -0.25) is 25.3 Å². The van der Waals surface area contributed by atoms with Crippen LogP contribution in [0, 0.1) is 6.92 Å². The fourth-order valence-corrected chi connectivity index (χ4v) is 4.21. The molecule has 10 heteroatoms. The SMILES string of the molecule is Cc1cc(N=C2N=C(N3CCC[C@@]3(C)C(=O)Nc3cccnc3)NN3CCC=C23)n[nH]1. The van der Waals surface area contributed by atoms with Crippen molar-refractivity contribution in [2.75, 3.05) is 18.4 Å². The number of H-pyrrole nitrogens is 1. The molecule has 5 rings (SSSR count). The monoisotopic (exact) mass is 419 g/mol. The zero-order valence-electron chi connectivity index (χ0n) is 17.6. The molecule has 5 heterocycles. The number of amides is 1. The van der Waals surface area contributed by atoms with Gasteiger partial charge in [0.15, 0.2) is 11.7 Å². The van der Waals surface area contributed by atoms with Crippen LogP contribution in [0.1, 0.15) is 31.9 Å². The van der Waals surface area contributed by atoms with E-state index in [4.69, 9.17) is 4.99 Å². The highest BCUT2D eigenvalue weighted by Crippen LogP contribution is 2.32. The van der Waals surface area contributed by atoms with Gasteiger partial charge in [0.25, 0.3) is 0 Å². The fourth-order valence-electron chi connectivity index (χ4n) is 4.21. The lowest BCUT2D eigenvalue weighted by molar-refractivity contribution is -0.123. The van der Waals surface area contributed by atoms with E-state index in [2.05, 4.69) is 37.0 Å². The van der Waals surface area contributed by atoms with Crippen LogP contribution in [0.15, 0.2) is 52.4 Å². The van der Waals surface area contributed by atoms with Crippen molar-refractivity contribution in [2.24, 2.45) is 9.98 Å². The molecule has 1 atom stereocenters. The summed E-state index contributed by atoms with van der Waals surface area (Å²) in [4.78, 5) is 28.9. The molecule has 1 saturated heterocycles. The number of fused-ring (bicyclic) bond motifs is 1. The number of pyridine rings is 1. The van der Waals surface area contributed by atoms with Crippen molar-refractivity contribution in [3.8, 4) is 0 Å². The predicted octanol–water partition coefficient (Wildman–Crippen LogP) is 2.10. The molecule has 2 aromatic rings. The lowest BCUT2D eigenvalue weighted by atomic mass is 9.97. The third-order valence-electron chi connectivity index (χ3n) is 5.88. The van der Waals surface area contributed by atoms with Crippen LogP contribution in [-0.4, -0.2) is 61.4 Å². The van der Waals surface area contributed by atoms with Gasteiger partial charge in [0.1, 0.15) is 5.54 Å². The van der Waals surface area contributed by atoms with Gasteiger partial charge in [-0.15, -0.1) is 0 Å². The van der Waals surface area contributed by atoms with Crippen LogP contribution in [0.4, 0.5) is 11.5 Å². The highest BCUT2D eigenvalue weighted by atomic mass is 16.2. The molecule has 0 aliphatic carbocycles. The molecular weight excluding hydrogens is 394 g/mol. The first kappa shape index (κ1) is 19.3. The maximum Gasteiger partial charge on any atom is 0.250 e. The zero-order valence-corrected chi connectivity index (χ0v) is 17.6. The lowest BCUT2D eigenvalue weighted by Gasteiger charge is -2.40. The Balaban J connectivity index is 1.46. The summed E-state index contributed by atoms with van der Waals surface area (Å²) in [6.07, 6.45) is 7.98. The van der Waals surface area contributed by atoms with Crippen LogP contribution in [0.25, 0.3) is 0 Å². The van der Waals surface area contributed by atoms with Gasteiger partial charge in [-0.1, -0.05) is 6.08 Å². The average Bonchev–Trinajstić information content (AvgIpc) is 3.49. The van der Waals surface area contributed by atoms with E-state index in [1.54, 1.807) is 18.5 Å². The second-order valence-corrected chi connectivity index (χ2v) is 8.15. The topological polar surface area (TPSA) is 114 Å². The molecular formula is C21H25N9O. The van der Waals surface area contributed by atoms with Gasteiger partial charge in [-0.05, 0) is 45.2 Å². The number of carbonyl (C=O) groups is 1. The van der Waals surface area contributed by atoms with Crippen molar-refractivity contribution in [1.29, 1.82) is 0 Å². The van der Waals surface area contributed by atoms with Crippen molar-refractivity contribution >= 4 is 29.2 Å². The molecule has 31 heavy (non-hydrogen) atoms. The number of aromatic nitrogens is 3. The molecule has 10 nitrogen and oxygen atoms in total. The Hall–Kier alpha value is -3.69. The minimum atomic E-state index is -0.739. The van der Waals surface area contributed by atoms with Gasteiger partial charge in [0, 0.05) is 31.0 Å². The second kappa shape index (κ2) is 7.53. The third kappa shape index (κ3) is 3.54. The number of carbonyl (C=O) groups excluding carboxylic acids is 1. The molecule has 1 amide bonds. The molecule has 3 aliphatic rings. The molecule has 1 fully saturated rings. The molecule has 0 saturated carbocycles. The van der Waals surface area contributed by atoms with Crippen LogP contribution in [0.5, 0.6) is 0 Å². The number of rotatable bonds is 3. The number of aromatic amines is 1. The average molecular weight is 419 g/mol. The predicted molar refractivity (Wildman–Crippen MR) is 118 cm³/mol. The molecule has 3 N–H and O–H groups in total. The number of amidine groups is 1. The molecule has 3 aliphatic heterocycles. The quantitative estimate of drug-likeness (QED) is 0.702. The first-order valence-electron chi connectivity index (χ1n) is 10.5. The van der Waals surface area contributed by atoms with E-state index < -0.39 is 5.54 Å². The lowest BCUT2D eigenvalue weighted by Crippen LogP contribution is -2.60. The molecule has 0 aromatic carbocycles. The summed E-state index contributed by atoms with van der Waals surface area (Å²) < 4.78 is 0. The number of hydrogen-bond donors (Lipinski definition) is 3. The molecule has 0 bridgehead atoms. The normalized spacial score (nSPS) is 24.0. The van der Waals surface area contributed by atoms with Crippen molar-refractivity contribution < 1.29 is 4.79 Å². The van der Waals surface area contributed by atoms with Crippen molar-refractivity contribution in [1.82, 2.24) is 30.5 Å². The van der Waals surface area contributed by atoms with Gasteiger partial charge >= 0.3 is 0 Å². The van der Waals surface area contributed by atoms with Gasteiger partial charge in [-0.2, -0.15) is 10.1 Å². The molecule has 0 radical (unpaired) electrons. The first-order valence-corrected chi connectivity index (χ1v) is 10.5. The number of hydrazine groups is 1. The Labute approximate surface area is 180 Å². The maximum absolute atomic E-state index is 13.3. The Morgan fingerprint density at radius 3 is 3.03 bits per heavy atom. The van der Waals surface area contributed by atoms with Crippen molar-refractivity contribution in [2.45, 2.75) is 38.6 Å². The Kier molecular flexibility index (Phi) is 4.68. The van der Waals surface area contributed by atoms with Gasteiger partial charge in [0.05, 0.1) is 17.6 Å². The number of aryl methyl sites for hydroxylation is 1. The number of guanidine groups is 1. The largest absolute Gasteiger partial charge is 0.327 e. The molecule has 0 spiro atoms. The fraction of sp³-hybridized carbons (Fsp3) is 0.381. The van der Waals surface area contributed by atoms with Crippen LogP contribution in [-0.2, 0) is 4.79 Å². The summed E-state index contributed by atoms with van der Waals surface area (Å²) in [7, 11) is 0. The van der Waals surface area contributed by atoms with Gasteiger partial charge < -0.3 is 10.2 Å². The number of likely N-dealkylation sites (tertiary alicyclic amines) is 1. The summed E-state index contributed by atoms with van der Waals surface area (Å²) in [5.74, 6) is 1.74. The second-order valence-electron chi connectivity index (χ2n) is 8.15. The number of nitrogens with one attached hydrogen (secondary N) is 3. The van der Waals surface area contributed by atoms with E-state index in [1.807, 2.05) is 35.9 Å². The smallest absolute Gasteiger partial charge is 0.250 e. The zero-order chi connectivity index (χ0) is 21.4. The summed E-state index contributed by atoms with van der Waals surface area (Å²) >= 11 is 0. The number of aliphatic imine (C=N–C) groups is 2. The Morgan fingerprint density at radius 2 is 2.26 bits per heavy atom. The minimum absolute atomic E-state index is 0.0772. The van der Waals surface area contributed by atoms with Crippen LogP contribution < -0.4 is 10.7 Å². The van der Waals surface area contributed by atoms with E-state index in [0.717, 1.165) is 43.7 Å². The summed E-state index contributed by atoms with van der Waals surface area (Å²) in [6, 6.07) is 5.52. The number of anilines is 1. The molecule has 2 aromatic heterocycles. The van der Waals surface area contributed by atoms with Crippen LogP contribution in [0.3, 0.4) is 0 Å². The van der Waals surface area contributed by atoms with Crippen LogP contribution in [0.2, 0.25) is 0 Å². The minimum Gasteiger partial charge on any atom is -0.327 e. The van der Waals surface area contributed by atoms with E-state index in [-0.39, 0.29) is 5.91 Å². The van der Waals surface area contributed by atoms with Crippen LogP contribution >= 0.6 is 0 Å². The molecule has 160 valence electrons. The Morgan fingerprint density at radius 1 is 1.35 bits per heavy atom. The standard InChI is InChI=1S/C21H25N9O/c1-14-12-17(27-26-14)24-18-16-7-4-11-30(16)28-20(25-18)29-10-5-8-21(29,2)19(31)23-15-6-3-9-22-13-15/h3,6-7,9,12-13H,4-5,8,10-11H2,1-2H3,(H,23,31)(H2,24,25,26,27,28)/t21-/m0/s1. The number of hydrogen-bond acceptors (Lipinski definition) is 7.